The van der Waals surface area contributed by atoms with Crippen LogP contribution in [0.1, 0.15) is 41.0 Å². The molecule has 0 radical (unpaired) electrons. The lowest BCUT2D eigenvalue weighted by atomic mass is 9.79. The Labute approximate surface area is 99.4 Å². The Balaban J connectivity index is 2.90. The minimum atomic E-state index is -0.249. The van der Waals surface area contributed by atoms with Gasteiger partial charge in [0, 0.05) is 13.1 Å². The van der Waals surface area contributed by atoms with Crippen LogP contribution in [0.25, 0.3) is 0 Å². The molecule has 3 N–H and O–H groups in total. The molecule has 1 unspecified atom stereocenters. The van der Waals surface area contributed by atoms with Crippen molar-refractivity contribution in [1.82, 2.24) is 5.32 Å². The minimum Gasteiger partial charge on any atom is -0.368 e. The van der Waals surface area contributed by atoms with Crippen LogP contribution >= 0.6 is 0 Å². The normalized spacial score (nSPS) is 31.6. The van der Waals surface area contributed by atoms with Gasteiger partial charge in [0.25, 0.3) is 0 Å². The first kappa shape index (κ1) is 13.7. The van der Waals surface area contributed by atoms with Crippen molar-refractivity contribution >= 4 is 0 Å². The molecule has 0 spiro atoms. The number of rotatable bonds is 4. The molecule has 1 aliphatic heterocycles. The Morgan fingerprint density at radius 1 is 1.38 bits per heavy atom. The maximum absolute atomic E-state index is 6.10. The fourth-order valence-electron chi connectivity index (χ4n) is 2.75. The van der Waals surface area contributed by atoms with Gasteiger partial charge < -0.3 is 15.8 Å². The summed E-state index contributed by atoms with van der Waals surface area (Å²) in [6.45, 7) is 15.8. The molecule has 1 fully saturated rings. The third-order valence-electron chi connectivity index (χ3n) is 3.49. The summed E-state index contributed by atoms with van der Waals surface area (Å²) in [5.41, 5.74) is 6.57. The summed E-state index contributed by atoms with van der Waals surface area (Å²) in [6.07, 6.45) is 0.927. The molecule has 0 bridgehead atoms. The van der Waals surface area contributed by atoms with Crippen LogP contribution in [0, 0.1) is 0 Å². The van der Waals surface area contributed by atoms with E-state index in [1.54, 1.807) is 0 Å². The molecule has 16 heavy (non-hydrogen) atoms. The van der Waals surface area contributed by atoms with Gasteiger partial charge in [0.05, 0.1) is 16.7 Å². The number of nitrogens with one attached hydrogen (secondary N) is 1. The van der Waals surface area contributed by atoms with Crippen molar-refractivity contribution < 1.29 is 4.74 Å². The summed E-state index contributed by atoms with van der Waals surface area (Å²) in [7, 11) is 0. The van der Waals surface area contributed by atoms with E-state index in [9.17, 15) is 0 Å². The molecular formula is C13H26N2O. The van der Waals surface area contributed by atoms with Crippen LogP contribution in [0.15, 0.2) is 12.2 Å². The highest BCUT2D eigenvalue weighted by molar-refractivity contribution is 5.13. The summed E-state index contributed by atoms with van der Waals surface area (Å²) < 4.78 is 6.10. The minimum absolute atomic E-state index is 0.120. The molecule has 1 heterocycles. The van der Waals surface area contributed by atoms with Gasteiger partial charge >= 0.3 is 0 Å². The summed E-state index contributed by atoms with van der Waals surface area (Å²) >= 11 is 0. The third kappa shape index (κ3) is 2.47. The SMILES string of the molecule is C=C(C)CNC1(CN)CC(C)(C)OC1(C)C. The Morgan fingerprint density at radius 3 is 2.25 bits per heavy atom. The monoisotopic (exact) mass is 226 g/mol. The van der Waals surface area contributed by atoms with E-state index < -0.39 is 0 Å². The zero-order chi connectivity index (χ0) is 12.6. The molecule has 0 aliphatic carbocycles. The maximum Gasteiger partial charge on any atom is 0.0828 e. The Bertz CT molecular complexity index is 284. The second kappa shape index (κ2) is 4.13. The van der Waals surface area contributed by atoms with Crippen LogP contribution in [-0.2, 0) is 4.74 Å². The van der Waals surface area contributed by atoms with E-state index in [2.05, 4.69) is 39.6 Å². The van der Waals surface area contributed by atoms with E-state index in [0.717, 1.165) is 18.5 Å². The van der Waals surface area contributed by atoms with Gasteiger partial charge in [-0.3, -0.25) is 0 Å². The van der Waals surface area contributed by atoms with Gasteiger partial charge in [0.1, 0.15) is 0 Å². The number of nitrogens with two attached hydrogens (primary N) is 1. The molecule has 0 saturated carbocycles. The van der Waals surface area contributed by atoms with E-state index in [4.69, 9.17) is 10.5 Å². The van der Waals surface area contributed by atoms with Crippen LogP contribution < -0.4 is 11.1 Å². The van der Waals surface area contributed by atoms with E-state index in [1.165, 1.54) is 0 Å². The molecule has 1 aliphatic rings. The van der Waals surface area contributed by atoms with Gasteiger partial charge in [-0.05, 0) is 41.0 Å². The molecule has 0 amide bonds. The molecule has 94 valence electrons. The smallest absolute Gasteiger partial charge is 0.0828 e. The van der Waals surface area contributed by atoms with Crippen LogP contribution in [0.5, 0.6) is 0 Å². The molecule has 3 heteroatoms. The van der Waals surface area contributed by atoms with Crippen LogP contribution in [0.4, 0.5) is 0 Å². The Hall–Kier alpha value is -0.380. The average molecular weight is 226 g/mol. The van der Waals surface area contributed by atoms with Gasteiger partial charge in [-0.25, -0.2) is 0 Å². The van der Waals surface area contributed by atoms with Crippen LogP contribution in [-0.4, -0.2) is 29.8 Å². The average Bonchev–Trinajstić information content (AvgIpc) is 2.27. The highest BCUT2D eigenvalue weighted by Crippen LogP contribution is 2.44. The summed E-state index contributed by atoms with van der Waals surface area (Å²) in [6, 6.07) is 0. The van der Waals surface area contributed by atoms with E-state index >= 15 is 0 Å². The van der Waals surface area contributed by atoms with Gasteiger partial charge in [-0.15, -0.1) is 0 Å². The zero-order valence-corrected chi connectivity index (χ0v) is 11.3. The molecular weight excluding hydrogens is 200 g/mol. The molecule has 0 aromatic rings. The number of hydrogen-bond acceptors (Lipinski definition) is 3. The Kier molecular flexibility index (Phi) is 3.53. The quantitative estimate of drug-likeness (QED) is 0.719. The Morgan fingerprint density at radius 2 is 1.94 bits per heavy atom. The van der Waals surface area contributed by atoms with Crippen LogP contribution in [0.2, 0.25) is 0 Å². The molecule has 1 rings (SSSR count). The lowest BCUT2D eigenvalue weighted by Gasteiger charge is -2.40. The fourth-order valence-corrected chi connectivity index (χ4v) is 2.75. The van der Waals surface area contributed by atoms with E-state index in [1.807, 2.05) is 6.92 Å². The lowest BCUT2D eigenvalue weighted by Crippen LogP contribution is -2.62. The highest BCUT2D eigenvalue weighted by atomic mass is 16.5. The predicted octanol–water partition coefficient (Wildman–Crippen LogP) is 1.83. The molecule has 3 nitrogen and oxygen atoms in total. The zero-order valence-electron chi connectivity index (χ0n) is 11.3. The summed E-state index contributed by atoms with van der Waals surface area (Å²) in [5, 5.41) is 3.54. The van der Waals surface area contributed by atoms with Gasteiger partial charge in [0.15, 0.2) is 0 Å². The van der Waals surface area contributed by atoms with Crippen molar-refractivity contribution in [3.63, 3.8) is 0 Å². The van der Waals surface area contributed by atoms with E-state index in [-0.39, 0.29) is 16.7 Å². The first-order chi connectivity index (χ1) is 7.14. The van der Waals surface area contributed by atoms with Crippen molar-refractivity contribution in [2.24, 2.45) is 5.73 Å². The third-order valence-corrected chi connectivity index (χ3v) is 3.49. The van der Waals surface area contributed by atoms with Gasteiger partial charge in [-0.2, -0.15) is 0 Å². The van der Waals surface area contributed by atoms with Crippen molar-refractivity contribution in [3.8, 4) is 0 Å². The summed E-state index contributed by atoms with van der Waals surface area (Å²) in [5.74, 6) is 0. The van der Waals surface area contributed by atoms with Crippen LogP contribution in [0.3, 0.4) is 0 Å². The predicted molar refractivity (Wildman–Crippen MR) is 68.5 cm³/mol. The largest absolute Gasteiger partial charge is 0.368 e. The van der Waals surface area contributed by atoms with Crippen molar-refractivity contribution in [2.75, 3.05) is 13.1 Å². The molecule has 0 aromatic heterocycles. The second-order valence-corrected chi connectivity index (χ2v) is 6.15. The molecule has 0 aromatic carbocycles. The number of ether oxygens (including phenoxy) is 1. The maximum atomic E-state index is 6.10. The second-order valence-electron chi connectivity index (χ2n) is 6.15. The fraction of sp³-hybridized carbons (Fsp3) is 0.846. The standard InChI is InChI=1S/C13H26N2O/c1-10(2)7-15-13(9-14)8-11(3,4)16-12(13,5)6/h15H,1,7-9,14H2,2-6H3. The van der Waals surface area contributed by atoms with Crippen molar-refractivity contribution in [1.29, 1.82) is 0 Å². The molecule has 1 atom stereocenters. The highest BCUT2D eigenvalue weighted by Gasteiger charge is 2.56. The summed E-state index contributed by atoms with van der Waals surface area (Å²) in [4.78, 5) is 0. The first-order valence-corrected chi connectivity index (χ1v) is 5.94. The topological polar surface area (TPSA) is 47.3 Å². The molecule has 1 saturated heterocycles. The first-order valence-electron chi connectivity index (χ1n) is 5.94. The van der Waals surface area contributed by atoms with E-state index in [0.29, 0.717) is 6.54 Å². The van der Waals surface area contributed by atoms with Crippen molar-refractivity contribution in [3.05, 3.63) is 12.2 Å². The van der Waals surface area contributed by atoms with Gasteiger partial charge in [-0.1, -0.05) is 12.2 Å². The van der Waals surface area contributed by atoms with Crippen molar-refractivity contribution in [2.45, 2.75) is 57.8 Å². The number of hydrogen-bond donors (Lipinski definition) is 2. The lowest BCUT2D eigenvalue weighted by molar-refractivity contribution is -0.0817. The van der Waals surface area contributed by atoms with Gasteiger partial charge in [0.2, 0.25) is 0 Å².